The number of rotatable bonds is 1. The standard InChI is InChI=1S/C11H9F4N3OS/c12-7-3-1-6(2-4-7)8-5-10(19,11(13,14)15)18(17-8)9(16)20/h1-4,19H,5H2,(H2,16,20)/t10-/m0/s1. The molecule has 0 spiro atoms. The topological polar surface area (TPSA) is 61.8 Å². The van der Waals surface area contributed by atoms with Crippen LogP contribution in [0.4, 0.5) is 17.6 Å². The summed E-state index contributed by atoms with van der Waals surface area (Å²) in [4.78, 5) is 0. The summed E-state index contributed by atoms with van der Waals surface area (Å²) in [5.74, 6) is -0.537. The number of aliphatic hydroxyl groups is 1. The summed E-state index contributed by atoms with van der Waals surface area (Å²) in [6, 6.07) is 4.67. The van der Waals surface area contributed by atoms with Crippen LogP contribution < -0.4 is 5.73 Å². The molecule has 2 rings (SSSR count). The van der Waals surface area contributed by atoms with Crippen molar-refractivity contribution < 1.29 is 22.7 Å². The lowest BCUT2D eigenvalue weighted by Gasteiger charge is -2.32. The van der Waals surface area contributed by atoms with Crippen LogP contribution in [0.15, 0.2) is 29.4 Å². The second-order valence-corrected chi connectivity index (χ2v) is 4.61. The zero-order valence-electron chi connectivity index (χ0n) is 9.86. The highest BCUT2D eigenvalue weighted by molar-refractivity contribution is 7.80. The van der Waals surface area contributed by atoms with Gasteiger partial charge in [-0.15, -0.1) is 0 Å². The molecule has 0 aromatic heterocycles. The van der Waals surface area contributed by atoms with Crippen molar-refractivity contribution in [2.75, 3.05) is 0 Å². The second kappa shape index (κ2) is 4.67. The Morgan fingerprint density at radius 1 is 1.35 bits per heavy atom. The number of hydrazone groups is 1. The maximum atomic E-state index is 13.0. The second-order valence-electron chi connectivity index (χ2n) is 4.19. The van der Waals surface area contributed by atoms with Crippen LogP contribution in [0.5, 0.6) is 0 Å². The van der Waals surface area contributed by atoms with E-state index in [1.54, 1.807) is 0 Å². The molecule has 0 fully saturated rings. The Balaban J connectivity index is 2.42. The number of nitrogens with zero attached hydrogens (tertiary/aromatic N) is 2. The zero-order chi connectivity index (χ0) is 15.1. The highest BCUT2D eigenvalue weighted by Gasteiger charge is 2.62. The van der Waals surface area contributed by atoms with Gasteiger partial charge in [0.1, 0.15) is 5.82 Å². The maximum Gasteiger partial charge on any atom is 0.438 e. The normalized spacial score (nSPS) is 22.9. The predicted molar refractivity (Wildman–Crippen MR) is 67.2 cm³/mol. The average molecular weight is 307 g/mol. The van der Waals surface area contributed by atoms with Gasteiger partial charge in [0.2, 0.25) is 0 Å². The number of thiocarbonyl (C=S) groups is 1. The number of halogens is 4. The van der Waals surface area contributed by atoms with E-state index in [1.807, 2.05) is 0 Å². The molecule has 0 aliphatic carbocycles. The minimum atomic E-state index is -5.00. The SMILES string of the molecule is NC(=S)N1N=C(c2ccc(F)cc2)C[C@]1(O)C(F)(F)F. The van der Waals surface area contributed by atoms with Crippen LogP contribution in [0.25, 0.3) is 0 Å². The van der Waals surface area contributed by atoms with Gasteiger partial charge in [-0.1, -0.05) is 12.1 Å². The van der Waals surface area contributed by atoms with Crippen molar-refractivity contribution in [2.24, 2.45) is 10.8 Å². The van der Waals surface area contributed by atoms with Crippen molar-refractivity contribution in [1.29, 1.82) is 0 Å². The molecule has 1 aliphatic heterocycles. The molecule has 0 saturated carbocycles. The van der Waals surface area contributed by atoms with E-state index in [0.717, 1.165) is 12.1 Å². The van der Waals surface area contributed by atoms with E-state index in [1.165, 1.54) is 12.1 Å². The van der Waals surface area contributed by atoms with Crippen LogP contribution in [0.3, 0.4) is 0 Å². The number of benzene rings is 1. The van der Waals surface area contributed by atoms with Crippen molar-refractivity contribution in [2.45, 2.75) is 18.3 Å². The van der Waals surface area contributed by atoms with Gasteiger partial charge in [-0.3, -0.25) is 0 Å². The first-order chi connectivity index (χ1) is 9.15. The lowest BCUT2D eigenvalue weighted by molar-refractivity contribution is -0.294. The van der Waals surface area contributed by atoms with Crippen LogP contribution in [-0.2, 0) is 0 Å². The smallest absolute Gasteiger partial charge is 0.375 e. The Hall–Kier alpha value is -1.74. The van der Waals surface area contributed by atoms with Gasteiger partial charge >= 0.3 is 6.18 Å². The molecule has 9 heteroatoms. The fraction of sp³-hybridized carbons (Fsp3) is 0.273. The van der Waals surface area contributed by atoms with Gasteiger partial charge in [-0.05, 0) is 29.9 Å². The van der Waals surface area contributed by atoms with E-state index in [4.69, 9.17) is 5.73 Å². The number of alkyl halides is 3. The van der Waals surface area contributed by atoms with Gasteiger partial charge in [0.15, 0.2) is 5.11 Å². The fourth-order valence-electron chi connectivity index (χ4n) is 1.80. The molecule has 0 bridgehead atoms. The third-order valence-electron chi connectivity index (χ3n) is 2.83. The molecule has 1 aliphatic rings. The van der Waals surface area contributed by atoms with Crippen LogP contribution >= 0.6 is 12.2 Å². The van der Waals surface area contributed by atoms with Crippen LogP contribution in [0.2, 0.25) is 0 Å². The Morgan fingerprint density at radius 2 is 1.90 bits per heavy atom. The van der Waals surface area contributed by atoms with Crippen LogP contribution in [0.1, 0.15) is 12.0 Å². The number of hydrogen-bond acceptors (Lipinski definition) is 3. The predicted octanol–water partition coefficient (Wildman–Crippen LogP) is 1.73. The Labute approximate surface area is 116 Å². The van der Waals surface area contributed by atoms with Gasteiger partial charge in [-0.2, -0.15) is 23.3 Å². The molecule has 20 heavy (non-hydrogen) atoms. The molecule has 0 amide bonds. The Morgan fingerprint density at radius 3 is 2.30 bits per heavy atom. The minimum absolute atomic E-state index is 0.0855. The summed E-state index contributed by atoms with van der Waals surface area (Å²) in [6.45, 7) is 0. The number of hydrogen-bond donors (Lipinski definition) is 2. The largest absolute Gasteiger partial charge is 0.438 e. The summed E-state index contributed by atoms with van der Waals surface area (Å²) >= 11 is 4.47. The maximum absolute atomic E-state index is 13.0. The van der Waals surface area contributed by atoms with Crippen LogP contribution in [0, 0.1) is 5.82 Å². The van der Waals surface area contributed by atoms with E-state index < -0.39 is 29.3 Å². The molecular formula is C11H9F4N3OS. The molecule has 0 unspecified atom stereocenters. The van der Waals surface area contributed by atoms with Gasteiger partial charge in [0, 0.05) is 0 Å². The van der Waals surface area contributed by atoms with Crippen molar-refractivity contribution in [3.05, 3.63) is 35.6 Å². The lowest BCUT2D eigenvalue weighted by Crippen LogP contribution is -2.57. The summed E-state index contributed by atoms with van der Waals surface area (Å²) < 4.78 is 51.7. The third kappa shape index (κ3) is 2.34. The van der Waals surface area contributed by atoms with Gasteiger partial charge in [-0.25, -0.2) is 4.39 Å². The molecule has 1 heterocycles. The molecular weight excluding hydrogens is 298 g/mol. The molecule has 1 aromatic rings. The first-order valence-corrected chi connectivity index (χ1v) is 5.78. The summed E-state index contributed by atoms with van der Waals surface area (Å²) in [7, 11) is 0. The van der Waals surface area contributed by atoms with Gasteiger partial charge < -0.3 is 10.8 Å². The van der Waals surface area contributed by atoms with Crippen molar-refractivity contribution in [1.82, 2.24) is 5.01 Å². The van der Waals surface area contributed by atoms with E-state index in [0.29, 0.717) is 0 Å². The highest BCUT2D eigenvalue weighted by Crippen LogP contribution is 2.41. The monoisotopic (exact) mass is 307 g/mol. The molecule has 3 N–H and O–H groups in total. The van der Waals surface area contributed by atoms with Crippen molar-refractivity contribution >= 4 is 23.0 Å². The summed E-state index contributed by atoms with van der Waals surface area (Å²) in [5, 5.41) is 12.8. The van der Waals surface area contributed by atoms with Gasteiger partial charge in [0.05, 0.1) is 12.1 Å². The van der Waals surface area contributed by atoms with Crippen molar-refractivity contribution in [3.63, 3.8) is 0 Å². The van der Waals surface area contributed by atoms with Crippen LogP contribution in [-0.4, -0.2) is 32.8 Å². The molecule has 1 aromatic carbocycles. The summed E-state index contributed by atoms with van der Waals surface area (Å²) in [5.41, 5.74) is 2.03. The van der Waals surface area contributed by atoms with Gasteiger partial charge in [0.25, 0.3) is 5.72 Å². The molecule has 4 nitrogen and oxygen atoms in total. The third-order valence-corrected chi connectivity index (χ3v) is 3.00. The van der Waals surface area contributed by atoms with E-state index in [9.17, 15) is 22.7 Å². The Kier molecular flexibility index (Phi) is 3.42. The molecule has 0 saturated heterocycles. The minimum Gasteiger partial charge on any atom is -0.375 e. The fourth-order valence-corrected chi connectivity index (χ4v) is 1.99. The number of nitrogens with two attached hydrogens (primary N) is 1. The molecule has 108 valence electrons. The first kappa shape index (κ1) is 14.7. The molecule has 1 atom stereocenters. The van der Waals surface area contributed by atoms with E-state index >= 15 is 0 Å². The van der Waals surface area contributed by atoms with Crippen molar-refractivity contribution in [3.8, 4) is 0 Å². The van der Waals surface area contributed by atoms with E-state index in [2.05, 4.69) is 17.3 Å². The summed E-state index contributed by atoms with van der Waals surface area (Å²) in [6.07, 6.45) is -5.85. The zero-order valence-corrected chi connectivity index (χ0v) is 10.7. The quantitative estimate of drug-likeness (QED) is 0.613. The first-order valence-electron chi connectivity index (χ1n) is 5.37. The highest BCUT2D eigenvalue weighted by atomic mass is 32.1. The van der Waals surface area contributed by atoms with E-state index in [-0.39, 0.29) is 16.3 Å². The average Bonchev–Trinajstić information content (AvgIpc) is 2.69. The Bertz CT molecular complexity index is 572. The lowest BCUT2D eigenvalue weighted by atomic mass is 10.0. The molecule has 0 radical (unpaired) electrons.